The Bertz CT molecular complexity index is 1140. The average molecular weight is 382 g/mol. The van der Waals surface area contributed by atoms with Gasteiger partial charge in [0.15, 0.2) is 0 Å². The molecule has 3 aromatic carbocycles. The molecule has 0 saturated carbocycles. The molecule has 0 heterocycles. The zero-order chi connectivity index (χ0) is 19.4. The molecule has 0 aromatic heterocycles. The molecule has 0 bridgehead atoms. The first-order valence-electron chi connectivity index (χ1n) is 8.05. The second-order valence-electron chi connectivity index (χ2n) is 5.87. The number of anilines is 1. The number of hydrogen-bond acceptors (Lipinski definition) is 4. The van der Waals surface area contributed by atoms with Crippen molar-refractivity contribution in [2.24, 2.45) is 5.14 Å². The highest BCUT2D eigenvalue weighted by Crippen LogP contribution is 2.22. The molecule has 0 spiro atoms. The van der Waals surface area contributed by atoms with Crippen LogP contribution in [0.5, 0.6) is 5.75 Å². The van der Waals surface area contributed by atoms with Crippen molar-refractivity contribution in [3.63, 3.8) is 0 Å². The fourth-order valence-electron chi connectivity index (χ4n) is 2.58. The Balaban J connectivity index is 1.74. The number of sulfonamides is 1. The van der Waals surface area contributed by atoms with Crippen molar-refractivity contribution in [1.82, 2.24) is 0 Å². The minimum atomic E-state index is -3.82. The predicted molar refractivity (Wildman–Crippen MR) is 106 cm³/mol. The van der Waals surface area contributed by atoms with Gasteiger partial charge in [0.05, 0.1) is 12.0 Å². The van der Waals surface area contributed by atoms with Crippen molar-refractivity contribution in [2.75, 3.05) is 12.4 Å². The topological polar surface area (TPSA) is 98.5 Å². The van der Waals surface area contributed by atoms with Gasteiger partial charge in [-0.15, -0.1) is 0 Å². The first-order valence-corrected chi connectivity index (χ1v) is 9.59. The molecule has 0 radical (unpaired) electrons. The van der Waals surface area contributed by atoms with E-state index in [9.17, 15) is 13.2 Å². The molecule has 0 saturated heterocycles. The van der Waals surface area contributed by atoms with Crippen LogP contribution in [0.3, 0.4) is 0 Å². The van der Waals surface area contributed by atoms with Gasteiger partial charge in [-0.25, -0.2) is 13.6 Å². The molecule has 0 aliphatic rings. The van der Waals surface area contributed by atoms with Crippen LogP contribution >= 0.6 is 0 Å². The highest BCUT2D eigenvalue weighted by molar-refractivity contribution is 7.89. The first-order chi connectivity index (χ1) is 12.8. The summed E-state index contributed by atoms with van der Waals surface area (Å²) >= 11 is 0. The van der Waals surface area contributed by atoms with Gasteiger partial charge in [-0.1, -0.05) is 24.3 Å². The van der Waals surface area contributed by atoms with Crippen molar-refractivity contribution in [1.29, 1.82) is 0 Å². The lowest BCUT2D eigenvalue weighted by molar-refractivity contribution is -0.111. The zero-order valence-electron chi connectivity index (χ0n) is 14.5. The third kappa shape index (κ3) is 4.72. The zero-order valence-corrected chi connectivity index (χ0v) is 15.4. The number of nitrogens with one attached hydrogen (secondary N) is 1. The van der Waals surface area contributed by atoms with Crippen LogP contribution in [0.2, 0.25) is 0 Å². The van der Waals surface area contributed by atoms with E-state index in [1.807, 2.05) is 36.4 Å². The number of carbonyl (C=O) groups excluding carboxylic acids is 1. The Morgan fingerprint density at radius 3 is 2.52 bits per heavy atom. The van der Waals surface area contributed by atoms with E-state index in [0.717, 1.165) is 22.1 Å². The molecule has 3 rings (SSSR count). The summed E-state index contributed by atoms with van der Waals surface area (Å²) in [5.74, 6) is 0.406. The number of benzene rings is 3. The van der Waals surface area contributed by atoms with E-state index in [-0.39, 0.29) is 10.8 Å². The molecule has 0 atom stereocenters. The molecule has 138 valence electrons. The Hall–Kier alpha value is -3.16. The van der Waals surface area contributed by atoms with Crippen LogP contribution in [0.4, 0.5) is 5.69 Å². The van der Waals surface area contributed by atoms with Gasteiger partial charge in [0.2, 0.25) is 15.9 Å². The van der Waals surface area contributed by atoms with E-state index >= 15 is 0 Å². The monoisotopic (exact) mass is 382 g/mol. The molecule has 27 heavy (non-hydrogen) atoms. The van der Waals surface area contributed by atoms with Gasteiger partial charge in [-0.05, 0) is 58.8 Å². The third-order valence-corrected chi connectivity index (χ3v) is 4.84. The van der Waals surface area contributed by atoms with Gasteiger partial charge in [-0.3, -0.25) is 4.79 Å². The summed E-state index contributed by atoms with van der Waals surface area (Å²) in [5, 5.41) is 9.77. The largest absolute Gasteiger partial charge is 0.497 e. The normalized spacial score (nSPS) is 11.6. The molecule has 0 aliphatic carbocycles. The molecule has 0 fully saturated rings. The predicted octanol–water partition coefficient (Wildman–Crippen LogP) is 3.15. The summed E-state index contributed by atoms with van der Waals surface area (Å²) < 4.78 is 27.9. The van der Waals surface area contributed by atoms with Crippen LogP contribution in [0.25, 0.3) is 16.8 Å². The van der Waals surface area contributed by atoms with Gasteiger partial charge in [0.25, 0.3) is 0 Å². The fourth-order valence-corrected chi connectivity index (χ4v) is 3.14. The van der Waals surface area contributed by atoms with Crippen LogP contribution < -0.4 is 15.2 Å². The second kappa shape index (κ2) is 7.61. The minimum Gasteiger partial charge on any atom is -0.497 e. The first kappa shape index (κ1) is 18.6. The Morgan fingerprint density at radius 1 is 1.04 bits per heavy atom. The number of ether oxygens (including phenoxy) is 1. The molecule has 3 N–H and O–H groups in total. The molecular formula is C20H18N2O4S. The van der Waals surface area contributed by atoms with Crippen LogP contribution in [0.15, 0.2) is 71.6 Å². The molecular weight excluding hydrogens is 364 g/mol. The van der Waals surface area contributed by atoms with Crippen molar-refractivity contribution >= 4 is 38.5 Å². The summed E-state index contributed by atoms with van der Waals surface area (Å²) in [7, 11) is -2.20. The number of fused-ring (bicyclic) bond motifs is 1. The van der Waals surface area contributed by atoms with Crippen molar-refractivity contribution in [3.05, 3.63) is 72.3 Å². The summed E-state index contributed by atoms with van der Waals surface area (Å²) in [6.07, 6.45) is 3.07. The molecule has 1 amide bonds. The summed E-state index contributed by atoms with van der Waals surface area (Å²) in [4.78, 5) is 12.0. The van der Waals surface area contributed by atoms with E-state index in [4.69, 9.17) is 9.88 Å². The minimum absolute atomic E-state index is 0.0609. The Morgan fingerprint density at radius 2 is 1.78 bits per heavy atom. The Labute approximate surface area is 157 Å². The second-order valence-corrected chi connectivity index (χ2v) is 7.43. The molecule has 6 nitrogen and oxygen atoms in total. The van der Waals surface area contributed by atoms with E-state index in [1.54, 1.807) is 19.3 Å². The fraction of sp³-hybridized carbons (Fsp3) is 0.0500. The van der Waals surface area contributed by atoms with E-state index in [1.165, 1.54) is 24.3 Å². The number of primary sulfonamides is 1. The van der Waals surface area contributed by atoms with E-state index < -0.39 is 10.0 Å². The lowest BCUT2D eigenvalue weighted by Gasteiger charge is -2.05. The molecule has 0 aliphatic heterocycles. The van der Waals surface area contributed by atoms with Crippen molar-refractivity contribution < 1.29 is 17.9 Å². The van der Waals surface area contributed by atoms with Crippen LogP contribution in [-0.2, 0) is 14.8 Å². The number of methoxy groups -OCH3 is 1. The molecule has 7 heteroatoms. The standard InChI is InChI=1S/C20H18N2O4S/c1-26-18-9-8-15-11-14(5-7-16(15)12-18)6-10-20(23)22-17-3-2-4-19(13-17)27(21,24)25/h2-13H,1H3,(H,22,23)(H2,21,24,25)/b10-6+. The highest BCUT2D eigenvalue weighted by atomic mass is 32.2. The van der Waals surface area contributed by atoms with Crippen molar-refractivity contribution in [3.8, 4) is 5.75 Å². The number of hydrogen-bond donors (Lipinski definition) is 2. The lowest BCUT2D eigenvalue weighted by Crippen LogP contribution is -2.13. The number of rotatable bonds is 5. The maximum absolute atomic E-state index is 12.1. The van der Waals surface area contributed by atoms with Crippen molar-refractivity contribution in [2.45, 2.75) is 4.90 Å². The molecule has 3 aromatic rings. The van der Waals surface area contributed by atoms with Gasteiger partial charge < -0.3 is 10.1 Å². The summed E-state index contributed by atoms with van der Waals surface area (Å²) in [6.45, 7) is 0. The van der Waals surface area contributed by atoms with Crippen LogP contribution in [-0.4, -0.2) is 21.4 Å². The van der Waals surface area contributed by atoms with Gasteiger partial charge >= 0.3 is 0 Å². The summed E-state index contributed by atoms with van der Waals surface area (Å²) in [5.41, 5.74) is 1.21. The van der Waals surface area contributed by atoms with Gasteiger partial charge in [0, 0.05) is 11.8 Å². The average Bonchev–Trinajstić information content (AvgIpc) is 2.65. The van der Waals surface area contributed by atoms with E-state index in [2.05, 4.69) is 5.32 Å². The highest BCUT2D eigenvalue weighted by Gasteiger charge is 2.08. The SMILES string of the molecule is COc1ccc2cc(/C=C/C(=O)Nc3cccc(S(N)(=O)=O)c3)ccc2c1. The quantitative estimate of drug-likeness (QED) is 0.662. The molecule has 0 unspecified atom stereocenters. The number of nitrogens with two attached hydrogens (primary N) is 1. The maximum atomic E-state index is 12.1. The van der Waals surface area contributed by atoms with Crippen LogP contribution in [0.1, 0.15) is 5.56 Å². The maximum Gasteiger partial charge on any atom is 0.248 e. The lowest BCUT2D eigenvalue weighted by atomic mass is 10.1. The third-order valence-electron chi connectivity index (χ3n) is 3.93. The van der Waals surface area contributed by atoms with E-state index in [0.29, 0.717) is 5.69 Å². The Kier molecular flexibility index (Phi) is 5.25. The van der Waals surface area contributed by atoms with Gasteiger partial charge in [-0.2, -0.15) is 0 Å². The number of carbonyl (C=O) groups is 1. The smallest absolute Gasteiger partial charge is 0.248 e. The summed E-state index contributed by atoms with van der Waals surface area (Å²) in [6, 6.07) is 17.3. The van der Waals surface area contributed by atoms with Gasteiger partial charge in [0.1, 0.15) is 5.75 Å². The van der Waals surface area contributed by atoms with Crippen LogP contribution in [0, 0.1) is 0 Å². The number of amides is 1.